The average molecular weight is 545 g/mol. The molecule has 3 saturated carbocycles. The Bertz CT molecular complexity index is 1070. The fourth-order valence-electron chi connectivity index (χ4n) is 7.28. The number of carbonyl (C=O) groups excluding carboxylic acids is 1. The number of rotatable bonds is 10. The van der Waals surface area contributed by atoms with Gasteiger partial charge >= 0.3 is 7.60 Å². The fraction of sp³-hybridized carbons (Fsp3) is 0.581. The Labute approximate surface area is 227 Å². The molecule has 7 heteroatoms. The van der Waals surface area contributed by atoms with Crippen molar-refractivity contribution in [3.8, 4) is 0 Å². The van der Waals surface area contributed by atoms with Gasteiger partial charge in [0.15, 0.2) is 5.78 Å². The lowest BCUT2D eigenvalue weighted by atomic mass is 9.61. The smallest absolute Gasteiger partial charge is 0.340 e. The summed E-state index contributed by atoms with van der Waals surface area (Å²) in [5.41, 5.74) is 3.05. The van der Waals surface area contributed by atoms with Gasteiger partial charge in [-0.1, -0.05) is 56.4 Å². The van der Waals surface area contributed by atoms with E-state index in [1.165, 1.54) is 23.8 Å². The van der Waals surface area contributed by atoms with E-state index < -0.39 is 30.7 Å². The Hall–Kier alpha value is -1.82. The molecule has 0 aliphatic heterocycles. The molecule has 4 N–H and O–H groups in total. The van der Waals surface area contributed by atoms with Gasteiger partial charge in [-0.3, -0.25) is 9.36 Å². The van der Waals surface area contributed by atoms with Crippen molar-refractivity contribution in [1.29, 1.82) is 0 Å². The number of hydrogen-bond donors (Lipinski definition) is 4. The van der Waals surface area contributed by atoms with Crippen molar-refractivity contribution >= 4 is 13.4 Å². The van der Waals surface area contributed by atoms with Crippen LogP contribution in [0.4, 0.5) is 0 Å². The Morgan fingerprint density at radius 3 is 2.45 bits per heavy atom. The number of aliphatic hydroxyl groups excluding tert-OH is 2. The van der Waals surface area contributed by atoms with E-state index in [0.29, 0.717) is 30.3 Å². The monoisotopic (exact) mass is 544 g/mol. The first-order valence-corrected chi connectivity index (χ1v) is 15.4. The van der Waals surface area contributed by atoms with Gasteiger partial charge in [-0.05, 0) is 91.8 Å². The molecule has 0 aromatic rings. The van der Waals surface area contributed by atoms with Crippen molar-refractivity contribution in [3.05, 3.63) is 72.9 Å². The largest absolute Gasteiger partial charge is 0.393 e. The number of fused-ring (bicyclic) bond motifs is 1. The highest BCUT2D eigenvalue weighted by atomic mass is 31.2. The van der Waals surface area contributed by atoms with Crippen LogP contribution >= 0.6 is 7.60 Å². The molecule has 6 nitrogen and oxygen atoms in total. The molecule has 3 aliphatic carbocycles. The van der Waals surface area contributed by atoms with E-state index >= 15 is 0 Å². The van der Waals surface area contributed by atoms with Crippen LogP contribution in [0.5, 0.6) is 0 Å². The molecule has 0 aromatic heterocycles. The van der Waals surface area contributed by atoms with Gasteiger partial charge in [0.1, 0.15) is 5.16 Å². The summed E-state index contributed by atoms with van der Waals surface area (Å²) in [5, 5.41) is 18.4. The first-order valence-electron chi connectivity index (χ1n) is 13.8. The van der Waals surface area contributed by atoms with E-state index in [1.807, 2.05) is 12.2 Å². The van der Waals surface area contributed by atoms with Gasteiger partial charge in [0.05, 0.1) is 12.2 Å². The molecular weight excluding hydrogens is 499 g/mol. The Balaban J connectivity index is 1.81. The number of aliphatic hydroxyl groups is 2. The van der Waals surface area contributed by atoms with Crippen molar-refractivity contribution in [2.24, 2.45) is 23.2 Å². The van der Waals surface area contributed by atoms with Crippen LogP contribution in [0.1, 0.15) is 71.6 Å². The van der Waals surface area contributed by atoms with Crippen LogP contribution in [0.15, 0.2) is 72.9 Å². The van der Waals surface area contributed by atoms with E-state index in [1.54, 1.807) is 0 Å². The van der Waals surface area contributed by atoms with Gasteiger partial charge in [-0.15, -0.1) is 13.2 Å². The molecule has 0 bridgehead atoms. The molecule has 6 atom stereocenters. The van der Waals surface area contributed by atoms with Crippen molar-refractivity contribution < 1.29 is 29.4 Å². The van der Waals surface area contributed by atoms with Gasteiger partial charge in [-0.25, -0.2) is 0 Å². The summed E-state index contributed by atoms with van der Waals surface area (Å²) in [7, 11) is -4.75. The van der Waals surface area contributed by atoms with Gasteiger partial charge in [0.2, 0.25) is 0 Å². The van der Waals surface area contributed by atoms with Gasteiger partial charge < -0.3 is 20.0 Å². The zero-order chi connectivity index (χ0) is 28.3. The number of allylic oxidation sites excluding steroid dienone is 7. The SMILES string of the molecule is C=CCC(CC=C)(C(=O)/C=C/[C@@H](C)[C@H]1CCC2/C(=C/C=C3/C[C@@H](O)C[C@H](O)C3=C)CCC[C@@]21C)P(=O)(O)O. The lowest BCUT2D eigenvalue weighted by Gasteiger charge is -2.44. The predicted octanol–water partition coefficient (Wildman–Crippen LogP) is 5.96. The normalized spacial score (nSPS) is 33.5. The maximum Gasteiger partial charge on any atom is 0.340 e. The highest BCUT2D eigenvalue weighted by molar-refractivity contribution is 7.55. The van der Waals surface area contributed by atoms with Crippen molar-refractivity contribution in [2.75, 3.05) is 0 Å². The zero-order valence-electron chi connectivity index (χ0n) is 22.9. The van der Waals surface area contributed by atoms with E-state index in [0.717, 1.165) is 37.7 Å². The van der Waals surface area contributed by atoms with Gasteiger partial charge in [-0.2, -0.15) is 0 Å². The standard InChI is InChI=1S/C31H45O6P/c1-6-16-31(17-7-2,38(35,36)37)29(34)15-10-21(3)26-13-14-27-23(9-8-18-30(26,27)5)11-12-24-19-25(32)20-28(33)22(24)4/h6-7,10-12,15,21,25-28,32-33H,1-2,4,8-9,13-14,16-20H2,3,5H3,(H2,35,36,37)/b15-10+,23-11+,24-12-/t21-,25-,26-,27?,28+,30-/m1/s1. The van der Waals surface area contributed by atoms with Crippen molar-refractivity contribution in [2.45, 2.75) is 89.0 Å². The quantitative estimate of drug-likeness (QED) is 0.153. The summed E-state index contributed by atoms with van der Waals surface area (Å²) in [6.07, 6.45) is 14.8. The molecule has 38 heavy (non-hydrogen) atoms. The highest BCUT2D eigenvalue weighted by Gasteiger charge is 2.52. The van der Waals surface area contributed by atoms with E-state index in [2.05, 4.69) is 39.7 Å². The second-order valence-corrected chi connectivity index (χ2v) is 13.8. The lowest BCUT2D eigenvalue weighted by molar-refractivity contribution is -0.117. The Kier molecular flexibility index (Phi) is 9.82. The minimum absolute atomic E-state index is 0.0561. The molecule has 3 rings (SSSR count). The molecule has 0 radical (unpaired) electrons. The lowest BCUT2D eigenvalue weighted by Crippen LogP contribution is -2.37. The molecule has 0 aromatic carbocycles. The molecule has 0 heterocycles. The number of carbonyl (C=O) groups is 1. The molecule has 3 aliphatic rings. The molecule has 210 valence electrons. The van der Waals surface area contributed by atoms with E-state index in [-0.39, 0.29) is 24.2 Å². The summed E-state index contributed by atoms with van der Waals surface area (Å²) in [6.45, 7) is 15.7. The molecule has 0 saturated heterocycles. The second-order valence-electron chi connectivity index (χ2n) is 11.8. The first-order chi connectivity index (χ1) is 17.8. The first kappa shape index (κ1) is 30.7. The summed E-state index contributed by atoms with van der Waals surface area (Å²) in [5.74, 6) is 0.235. The maximum atomic E-state index is 13.2. The van der Waals surface area contributed by atoms with Crippen LogP contribution < -0.4 is 0 Å². The maximum absolute atomic E-state index is 13.2. The average Bonchev–Trinajstić information content (AvgIpc) is 3.20. The molecular formula is C31H45O6P. The van der Waals surface area contributed by atoms with E-state index in [4.69, 9.17) is 0 Å². The van der Waals surface area contributed by atoms with Crippen LogP contribution in [0.3, 0.4) is 0 Å². The highest BCUT2D eigenvalue weighted by Crippen LogP contribution is 2.60. The van der Waals surface area contributed by atoms with Crippen LogP contribution in [-0.4, -0.2) is 43.1 Å². The minimum atomic E-state index is -4.75. The van der Waals surface area contributed by atoms with E-state index in [9.17, 15) is 29.4 Å². The van der Waals surface area contributed by atoms with Gasteiger partial charge in [0.25, 0.3) is 0 Å². The Morgan fingerprint density at radius 2 is 1.84 bits per heavy atom. The predicted molar refractivity (Wildman–Crippen MR) is 152 cm³/mol. The van der Waals surface area contributed by atoms with Crippen molar-refractivity contribution in [1.82, 2.24) is 0 Å². The van der Waals surface area contributed by atoms with Crippen LogP contribution in [0, 0.1) is 23.2 Å². The van der Waals surface area contributed by atoms with Crippen molar-refractivity contribution in [3.63, 3.8) is 0 Å². The number of hydrogen-bond acceptors (Lipinski definition) is 4. The van der Waals surface area contributed by atoms with Gasteiger partial charge in [0, 0.05) is 6.42 Å². The third kappa shape index (κ3) is 6.00. The van der Waals surface area contributed by atoms with Crippen LogP contribution in [-0.2, 0) is 9.36 Å². The molecule has 1 unspecified atom stereocenters. The third-order valence-corrected chi connectivity index (χ3v) is 11.2. The third-order valence-electron chi connectivity index (χ3n) is 9.47. The summed E-state index contributed by atoms with van der Waals surface area (Å²) in [4.78, 5) is 33.3. The molecule has 0 amide bonds. The summed E-state index contributed by atoms with van der Waals surface area (Å²) in [6, 6.07) is 0. The zero-order valence-corrected chi connectivity index (χ0v) is 23.8. The minimum Gasteiger partial charge on any atom is -0.393 e. The molecule has 3 fully saturated rings. The Morgan fingerprint density at radius 1 is 1.18 bits per heavy atom. The summed E-state index contributed by atoms with van der Waals surface area (Å²) >= 11 is 0. The van der Waals surface area contributed by atoms with Crippen LogP contribution in [0.25, 0.3) is 0 Å². The topological polar surface area (TPSA) is 115 Å². The summed E-state index contributed by atoms with van der Waals surface area (Å²) < 4.78 is 12.4. The van der Waals surface area contributed by atoms with Crippen LogP contribution in [0.2, 0.25) is 0 Å². The fourth-order valence-corrected chi connectivity index (χ4v) is 8.38. The number of ketones is 1. The second kappa shape index (κ2) is 12.1. The molecule has 0 spiro atoms.